The Bertz CT molecular complexity index is 380. The maximum Gasteiger partial charge on any atom is 0.310 e. The number of nitrogens with zero attached hydrogens (tertiary/aromatic N) is 1. The number of rotatable bonds is 3. The van der Waals surface area contributed by atoms with E-state index in [-0.39, 0.29) is 6.10 Å². The molecule has 1 aliphatic carbocycles. The van der Waals surface area contributed by atoms with Gasteiger partial charge in [0.05, 0.1) is 12.1 Å². The third kappa shape index (κ3) is 2.96. The van der Waals surface area contributed by atoms with E-state index in [1.165, 1.54) is 0 Å². The lowest BCUT2D eigenvalue weighted by Gasteiger charge is -2.32. The average Bonchev–Trinajstić information content (AvgIpc) is 2.30. The molecule has 0 aliphatic heterocycles. The lowest BCUT2D eigenvalue weighted by molar-refractivity contribution is -0.147. The number of carboxylic acids is 1. The molecule has 3 unspecified atom stereocenters. The molecule has 1 heterocycles. The van der Waals surface area contributed by atoms with Gasteiger partial charge >= 0.3 is 5.97 Å². The van der Waals surface area contributed by atoms with Crippen molar-refractivity contribution in [2.24, 2.45) is 11.8 Å². The minimum absolute atomic E-state index is 0.236. The molecular formula is C13H17NO3. The molecule has 0 aromatic carbocycles. The summed E-state index contributed by atoms with van der Waals surface area (Å²) in [4.78, 5) is 15.1. The summed E-state index contributed by atoms with van der Waals surface area (Å²) in [5.74, 6) is 0.0160. The van der Waals surface area contributed by atoms with Crippen molar-refractivity contribution in [3.63, 3.8) is 0 Å². The predicted molar refractivity (Wildman–Crippen MR) is 62.8 cm³/mol. The van der Waals surface area contributed by atoms with Crippen LogP contribution in [0.2, 0.25) is 0 Å². The fourth-order valence-electron chi connectivity index (χ4n) is 2.33. The molecule has 0 amide bonds. The van der Waals surface area contributed by atoms with Gasteiger partial charge in [0, 0.05) is 6.20 Å². The second kappa shape index (κ2) is 5.17. The highest BCUT2D eigenvalue weighted by atomic mass is 16.5. The molecule has 2 rings (SSSR count). The van der Waals surface area contributed by atoms with Crippen LogP contribution in [0, 0.1) is 11.8 Å². The second-order valence-corrected chi connectivity index (χ2v) is 4.71. The zero-order valence-corrected chi connectivity index (χ0v) is 9.87. The first-order valence-electron chi connectivity index (χ1n) is 5.96. The van der Waals surface area contributed by atoms with Gasteiger partial charge in [-0.3, -0.25) is 9.78 Å². The zero-order chi connectivity index (χ0) is 12.3. The monoisotopic (exact) mass is 235 g/mol. The quantitative estimate of drug-likeness (QED) is 0.873. The summed E-state index contributed by atoms with van der Waals surface area (Å²) in [5.41, 5.74) is 0. The van der Waals surface area contributed by atoms with Gasteiger partial charge in [0.2, 0.25) is 0 Å². The lowest BCUT2D eigenvalue weighted by atomic mass is 9.80. The van der Waals surface area contributed by atoms with Crippen molar-refractivity contribution in [1.82, 2.24) is 4.98 Å². The molecule has 1 aliphatic rings. The van der Waals surface area contributed by atoms with E-state index in [1.54, 1.807) is 18.5 Å². The Labute approximate surface area is 101 Å². The van der Waals surface area contributed by atoms with Crippen LogP contribution in [-0.4, -0.2) is 22.2 Å². The van der Waals surface area contributed by atoms with Gasteiger partial charge in [-0.05, 0) is 37.3 Å². The molecule has 1 N–H and O–H groups in total. The first kappa shape index (κ1) is 11.9. The number of pyridine rings is 1. The second-order valence-electron chi connectivity index (χ2n) is 4.71. The minimum atomic E-state index is -0.759. The van der Waals surface area contributed by atoms with Gasteiger partial charge in [0.25, 0.3) is 0 Å². The molecule has 17 heavy (non-hydrogen) atoms. The first-order chi connectivity index (χ1) is 8.16. The summed E-state index contributed by atoms with van der Waals surface area (Å²) in [6, 6.07) is 3.60. The normalized spacial score (nSPS) is 28.6. The molecule has 4 nitrogen and oxygen atoms in total. The summed E-state index contributed by atoms with van der Waals surface area (Å²) in [6.07, 6.45) is 5.51. The summed E-state index contributed by atoms with van der Waals surface area (Å²) in [5, 5.41) is 9.18. The van der Waals surface area contributed by atoms with Gasteiger partial charge < -0.3 is 9.84 Å². The Morgan fingerprint density at radius 3 is 3.00 bits per heavy atom. The molecule has 1 saturated carbocycles. The number of aromatic nitrogens is 1. The van der Waals surface area contributed by atoms with Crippen molar-refractivity contribution in [2.45, 2.75) is 32.3 Å². The molecule has 0 bridgehead atoms. The fraction of sp³-hybridized carbons (Fsp3) is 0.538. The molecular weight excluding hydrogens is 218 g/mol. The Morgan fingerprint density at radius 2 is 2.35 bits per heavy atom. The van der Waals surface area contributed by atoms with E-state index in [0.717, 1.165) is 12.8 Å². The van der Waals surface area contributed by atoms with Crippen molar-refractivity contribution in [3.8, 4) is 5.75 Å². The molecule has 0 spiro atoms. The zero-order valence-electron chi connectivity index (χ0n) is 9.87. The Kier molecular flexibility index (Phi) is 3.61. The SMILES string of the molecule is CC1CCC(C(=O)O)C(Oc2cccnc2)C1. The van der Waals surface area contributed by atoms with Crippen LogP contribution < -0.4 is 4.74 Å². The van der Waals surface area contributed by atoms with Crippen molar-refractivity contribution >= 4 is 5.97 Å². The molecule has 3 atom stereocenters. The van der Waals surface area contributed by atoms with E-state index in [0.29, 0.717) is 18.1 Å². The highest BCUT2D eigenvalue weighted by Gasteiger charge is 2.35. The third-order valence-corrected chi connectivity index (χ3v) is 3.29. The highest BCUT2D eigenvalue weighted by Crippen LogP contribution is 2.31. The van der Waals surface area contributed by atoms with Crippen LogP contribution in [0.15, 0.2) is 24.5 Å². The van der Waals surface area contributed by atoms with E-state index in [4.69, 9.17) is 4.74 Å². The van der Waals surface area contributed by atoms with Gasteiger partial charge in [-0.15, -0.1) is 0 Å². The van der Waals surface area contributed by atoms with Crippen LogP contribution >= 0.6 is 0 Å². The summed E-state index contributed by atoms with van der Waals surface area (Å²) in [6.45, 7) is 2.14. The van der Waals surface area contributed by atoms with Crippen LogP contribution in [0.5, 0.6) is 5.75 Å². The number of hydrogen-bond acceptors (Lipinski definition) is 3. The van der Waals surface area contributed by atoms with E-state index in [1.807, 2.05) is 6.07 Å². The first-order valence-corrected chi connectivity index (χ1v) is 5.96. The standard InChI is InChI=1S/C13H17NO3/c1-9-4-5-11(13(15)16)12(7-9)17-10-3-2-6-14-8-10/h2-3,6,8-9,11-12H,4-5,7H2,1H3,(H,15,16). The molecule has 92 valence electrons. The number of carboxylic acid groups (broad SMARTS) is 1. The number of carbonyl (C=O) groups is 1. The Hall–Kier alpha value is -1.58. The van der Waals surface area contributed by atoms with Gasteiger partial charge in [-0.2, -0.15) is 0 Å². The molecule has 0 saturated heterocycles. The van der Waals surface area contributed by atoms with E-state index < -0.39 is 11.9 Å². The molecule has 1 fully saturated rings. The van der Waals surface area contributed by atoms with Gasteiger partial charge in [-0.1, -0.05) is 6.92 Å². The van der Waals surface area contributed by atoms with Crippen LogP contribution in [0.1, 0.15) is 26.2 Å². The van der Waals surface area contributed by atoms with E-state index >= 15 is 0 Å². The van der Waals surface area contributed by atoms with Gasteiger partial charge in [-0.25, -0.2) is 0 Å². The Balaban J connectivity index is 2.08. The van der Waals surface area contributed by atoms with Crippen LogP contribution in [-0.2, 0) is 4.79 Å². The van der Waals surface area contributed by atoms with E-state index in [9.17, 15) is 9.90 Å². The Morgan fingerprint density at radius 1 is 1.53 bits per heavy atom. The van der Waals surface area contributed by atoms with Crippen molar-refractivity contribution in [3.05, 3.63) is 24.5 Å². The van der Waals surface area contributed by atoms with Crippen LogP contribution in [0.4, 0.5) is 0 Å². The van der Waals surface area contributed by atoms with Gasteiger partial charge in [0.1, 0.15) is 11.9 Å². The highest BCUT2D eigenvalue weighted by molar-refractivity contribution is 5.70. The minimum Gasteiger partial charge on any atom is -0.488 e. The topological polar surface area (TPSA) is 59.4 Å². The molecule has 1 aromatic heterocycles. The third-order valence-electron chi connectivity index (χ3n) is 3.29. The lowest BCUT2D eigenvalue weighted by Crippen LogP contribution is -2.38. The summed E-state index contributed by atoms with van der Waals surface area (Å²) < 4.78 is 5.76. The number of ether oxygens (including phenoxy) is 1. The van der Waals surface area contributed by atoms with E-state index in [2.05, 4.69) is 11.9 Å². The van der Waals surface area contributed by atoms with Crippen LogP contribution in [0.25, 0.3) is 0 Å². The predicted octanol–water partition coefficient (Wildman–Crippen LogP) is 2.35. The molecule has 1 aromatic rings. The molecule has 4 heteroatoms. The number of aliphatic carboxylic acids is 1. The van der Waals surface area contributed by atoms with Crippen molar-refractivity contribution in [2.75, 3.05) is 0 Å². The van der Waals surface area contributed by atoms with Crippen molar-refractivity contribution < 1.29 is 14.6 Å². The largest absolute Gasteiger partial charge is 0.488 e. The number of hydrogen-bond donors (Lipinski definition) is 1. The smallest absolute Gasteiger partial charge is 0.310 e. The average molecular weight is 235 g/mol. The maximum absolute atomic E-state index is 11.2. The molecule has 0 radical (unpaired) electrons. The van der Waals surface area contributed by atoms with Crippen LogP contribution in [0.3, 0.4) is 0 Å². The summed E-state index contributed by atoms with van der Waals surface area (Å²) in [7, 11) is 0. The van der Waals surface area contributed by atoms with Crippen molar-refractivity contribution in [1.29, 1.82) is 0 Å². The fourth-order valence-corrected chi connectivity index (χ4v) is 2.33. The summed E-state index contributed by atoms with van der Waals surface area (Å²) >= 11 is 0. The maximum atomic E-state index is 11.2. The van der Waals surface area contributed by atoms with Gasteiger partial charge in [0.15, 0.2) is 0 Å².